The third-order valence-electron chi connectivity index (χ3n) is 4.57. The second-order valence-corrected chi connectivity index (χ2v) is 8.28. The fraction of sp³-hybridized carbons (Fsp3) is 0.263. The number of sulfonamides is 1. The highest BCUT2D eigenvalue weighted by Crippen LogP contribution is 2.24. The van der Waals surface area contributed by atoms with Crippen LogP contribution in [0.2, 0.25) is 0 Å². The first-order valence-corrected chi connectivity index (χ1v) is 9.99. The van der Waals surface area contributed by atoms with Crippen LogP contribution in [0.4, 0.5) is 5.69 Å². The highest BCUT2D eigenvalue weighted by Gasteiger charge is 2.29. The SMILES string of the molecule is O=C(Nc1ccccc1)c1ccc(S(=O)(=O)N2CCC(C(=O)[O-])CC2)cc1. The van der Waals surface area contributed by atoms with Crippen molar-refractivity contribution in [3.63, 3.8) is 0 Å². The summed E-state index contributed by atoms with van der Waals surface area (Å²) in [5.41, 5.74) is 0.989. The largest absolute Gasteiger partial charge is 0.550 e. The summed E-state index contributed by atoms with van der Waals surface area (Å²) in [6.45, 7) is 0.272. The van der Waals surface area contributed by atoms with Gasteiger partial charge in [0.25, 0.3) is 5.91 Å². The summed E-state index contributed by atoms with van der Waals surface area (Å²) >= 11 is 0. The van der Waals surface area contributed by atoms with E-state index in [1.54, 1.807) is 24.3 Å². The molecule has 1 amide bonds. The Hall–Kier alpha value is -2.71. The van der Waals surface area contributed by atoms with E-state index in [4.69, 9.17) is 0 Å². The maximum absolute atomic E-state index is 12.7. The van der Waals surface area contributed by atoms with E-state index in [1.165, 1.54) is 28.6 Å². The molecule has 3 rings (SSSR count). The second-order valence-electron chi connectivity index (χ2n) is 6.34. The zero-order chi connectivity index (χ0) is 19.4. The Balaban J connectivity index is 1.69. The standard InChI is InChI=1S/C19H20N2O5S/c22-18(20-16-4-2-1-3-5-16)14-6-8-17(9-7-14)27(25,26)21-12-10-15(11-13-21)19(23)24/h1-9,15H,10-13H2,(H,20,22)(H,23,24)/p-1. The fourth-order valence-electron chi connectivity index (χ4n) is 2.98. The monoisotopic (exact) mass is 387 g/mol. The zero-order valence-electron chi connectivity index (χ0n) is 14.5. The molecule has 2 aromatic carbocycles. The third kappa shape index (κ3) is 4.35. The number of hydrogen-bond donors (Lipinski definition) is 1. The Kier molecular flexibility index (Phi) is 5.57. The summed E-state index contributed by atoms with van der Waals surface area (Å²) in [5, 5.41) is 13.6. The molecule has 1 heterocycles. The van der Waals surface area contributed by atoms with Crippen LogP contribution in [0.1, 0.15) is 23.2 Å². The smallest absolute Gasteiger partial charge is 0.255 e. The van der Waals surface area contributed by atoms with Crippen LogP contribution in [0.3, 0.4) is 0 Å². The van der Waals surface area contributed by atoms with E-state index in [0.717, 1.165) is 0 Å². The number of carbonyl (C=O) groups excluding carboxylic acids is 2. The topological polar surface area (TPSA) is 107 Å². The van der Waals surface area contributed by atoms with Gasteiger partial charge in [0.05, 0.1) is 4.90 Å². The van der Waals surface area contributed by atoms with E-state index in [9.17, 15) is 23.1 Å². The molecule has 142 valence electrons. The molecule has 0 spiro atoms. The van der Waals surface area contributed by atoms with Crippen LogP contribution >= 0.6 is 0 Å². The molecule has 1 N–H and O–H groups in total. The average molecular weight is 387 g/mol. The molecular formula is C19H19N2O5S-. The highest BCUT2D eigenvalue weighted by atomic mass is 32.2. The molecule has 0 saturated carbocycles. The molecule has 0 aliphatic carbocycles. The van der Waals surface area contributed by atoms with Gasteiger partial charge in [0.1, 0.15) is 0 Å². The molecule has 0 atom stereocenters. The van der Waals surface area contributed by atoms with Crippen LogP contribution < -0.4 is 10.4 Å². The number of carboxylic acids is 1. The van der Waals surface area contributed by atoms with Crippen LogP contribution in [0, 0.1) is 5.92 Å². The van der Waals surface area contributed by atoms with E-state index >= 15 is 0 Å². The number of rotatable bonds is 5. The molecule has 0 bridgehead atoms. The van der Waals surface area contributed by atoms with Gasteiger partial charge in [0.2, 0.25) is 10.0 Å². The number of anilines is 1. The molecule has 1 fully saturated rings. The lowest BCUT2D eigenvalue weighted by Gasteiger charge is -2.31. The third-order valence-corrected chi connectivity index (χ3v) is 6.49. The summed E-state index contributed by atoms with van der Waals surface area (Å²) in [6.07, 6.45) is 0.470. The summed E-state index contributed by atoms with van der Waals surface area (Å²) in [7, 11) is -3.72. The van der Waals surface area contributed by atoms with Gasteiger partial charge in [-0.25, -0.2) is 8.42 Å². The van der Waals surface area contributed by atoms with Crippen molar-refractivity contribution in [1.29, 1.82) is 0 Å². The number of carbonyl (C=O) groups is 2. The van der Waals surface area contributed by atoms with Crippen LogP contribution in [-0.4, -0.2) is 37.7 Å². The van der Waals surface area contributed by atoms with Gasteiger partial charge in [-0.15, -0.1) is 0 Å². The number of para-hydroxylation sites is 1. The summed E-state index contributed by atoms with van der Waals surface area (Å²) in [4.78, 5) is 23.2. The Morgan fingerprint density at radius 1 is 0.963 bits per heavy atom. The van der Waals surface area contributed by atoms with Gasteiger partial charge < -0.3 is 15.2 Å². The lowest BCUT2D eigenvalue weighted by atomic mass is 9.99. The van der Waals surface area contributed by atoms with Gasteiger partial charge in [-0.2, -0.15) is 4.31 Å². The van der Waals surface area contributed by atoms with E-state index in [0.29, 0.717) is 11.3 Å². The minimum atomic E-state index is -3.72. The molecule has 1 saturated heterocycles. The lowest BCUT2D eigenvalue weighted by Crippen LogP contribution is -2.43. The van der Waals surface area contributed by atoms with Crippen molar-refractivity contribution in [3.05, 3.63) is 60.2 Å². The fourth-order valence-corrected chi connectivity index (χ4v) is 4.45. The molecule has 0 unspecified atom stereocenters. The summed E-state index contributed by atoms with van der Waals surface area (Å²) in [5.74, 6) is -2.08. The van der Waals surface area contributed by atoms with Crippen molar-refractivity contribution < 1.29 is 23.1 Å². The number of carboxylic acid groups (broad SMARTS) is 1. The molecule has 8 heteroatoms. The molecule has 2 aromatic rings. The van der Waals surface area contributed by atoms with Crippen molar-refractivity contribution >= 4 is 27.6 Å². The predicted molar refractivity (Wildman–Crippen MR) is 97.3 cm³/mol. The lowest BCUT2D eigenvalue weighted by molar-refractivity contribution is -0.312. The number of aliphatic carboxylic acids is 1. The first-order chi connectivity index (χ1) is 12.9. The molecule has 0 aromatic heterocycles. The molecular weight excluding hydrogens is 368 g/mol. The van der Waals surface area contributed by atoms with Gasteiger partial charge in [-0.1, -0.05) is 18.2 Å². The number of hydrogen-bond acceptors (Lipinski definition) is 5. The van der Waals surface area contributed by atoms with Crippen molar-refractivity contribution in [2.75, 3.05) is 18.4 Å². The van der Waals surface area contributed by atoms with Gasteiger partial charge in [-0.3, -0.25) is 4.79 Å². The van der Waals surface area contributed by atoms with Crippen molar-refractivity contribution in [3.8, 4) is 0 Å². The van der Waals surface area contributed by atoms with Gasteiger partial charge >= 0.3 is 0 Å². The Bertz CT molecular complexity index is 918. The van der Waals surface area contributed by atoms with Crippen LogP contribution in [0.25, 0.3) is 0 Å². The van der Waals surface area contributed by atoms with Crippen LogP contribution in [0.5, 0.6) is 0 Å². The van der Waals surface area contributed by atoms with Crippen LogP contribution in [-0.2, 0) is 14.8 Å². The normalized spacial score (nSPS) is 16.0. The molecule has 1 aliphatic heterocycles. The van der Waals surface area contributed by atoms with Gasteiger partial charge in [0, 0.05) is 36.2 Å². The second kappa shape index (κ2) is 7.89. The number of amides is 1. The van der Waals surface area contributed by atoms with E-state index in [1.807, 2.05) is 6.07 Å². The highest BCUT2D eigenvalue weighted by molar-refractivity contribution is 7.89. The molecule has 1 aliphatic rings. The number of nitrogens with one attached hydrogen (secondary N) is 1. The van der Waals surface area contributed by atoms with E-state index in [2.05, 4.69) is 5.32 Å². The minimum absolute atomic E-state index is 0.0747. The van der Waals surface area contributed by atoms with Gasteiger partial charge in [-0.05, 0) is 49.2 Å². The van der Waals surface area contributed by atoms with Crippen LogP contribution in [0.15, 0.2) is 59.5 Å². The molecule has 0 radical (unpaired) electrons. The maximum Gasteiger partial charge on any atom is 0.255 e. The number of benzene rings is 2. The number of nitrogens with zero attached hydrogens (tertiary/aromatic N) is 1. The first kappa shape index (κ1) is 19.1. The Labute approximate surface area is 157 Å². The van der Waals surface area contributed by atoms with Crippen molar-refractivity contribution in [2.24, 2.45) is 5.92 Å². The van der Waals surface area contributed by atoms with E-state index in [-0.39, 0.29) is 36.7 Å². The molecule has 7 nitrogen and oxygen atoms in total. The molecule has 27 heavy (non-hydrogen) atoms. The van der Waals surface area contributed by atoms with Gasteiger partial charge in [0.15, 0.2) is 0 Å². The predicted octanol–water partition coefficient (Wildman–Crippen LogP) is 1.09. The summed E-state index contributed by atoms with van der Waals surface area (Å²) in [6, 6.07) is 14.6. The average Bonchev–Trinajstić information content (AvgIpc) is 2.69. The van der Waals surface area contributed by atoms with Crippen molar-refractivity contribution in [1.82, 2.24) is 4.31 Å². The maximum atomic E-state index is 12.7. The first-order valence-electron chi connectivity index (χ1n) is 8.55. The zero-order valence-corrected chi connectivity index (χ0v) is 15.3. The quantitative estimate of drug-likeness (QED) is 0.826. The number of piperidine rings is 1. The van der Waals surface area contributed by atoms with E-state index < -0.39 is 21.9 Å². The van der Waals surface area contributed by atoms with Crippen molar-refractivity contribution in [2.45, 2.75) is 17.7 Å². The summed E-state index contributed by atoms with van der Waals surface area (Å²) < 4.78 is 26.7. The Morgan fingerprint density at radius 3 is 2.11 bits per heavy atom. The minimum Gasteiger partial charge on any atom is -0.550 e. The Morgan fingerprint density at radius 2 is 1.56 bits per heavy atom.